The lowest BCUT2D eigenvalue weighted by molar-refractivity contribution is -0.0135. The van der Waals surface area contributed by atoms with Gasteiger partial charge in [-0.1, -0.05) is 12.1 Å². The number of ether oxygens (including phenoxy) is 1. The summed E-state index contributed by atoms with van der Waals surface area (Å²) in [6, 6.07) is 8.37. The maximum Gasteiger partial charge on any atom is 0.323 e. The number of morpholine rings is 1. The van der Waals surface area contributed by atoms with Crippen molar-refractivity contribution in [1.82, 2.24) is 14.9 Å². The summed E-state index contributed by atoms with van der Waals surface area (Å²) in [6.07, 6.45) is 1.15. The Morgan fingerprint density at radius 2 is 2.20 bits per heavy atom. The zero-order valence-electron chi connectivity index (χ0n) is 14.2. The van der Waals surface area contributed by atoms with Crippen LogP contribution in [0.1, 0.15) is 11.7 Å². The van der Waals surface area contributed by atoms with E-state index in [1.807, 2.05) is 25.1 Å². The van der Waals surface area contributed by atoms with Gasteiger partial charge in [0.2, 0.25) is 0 Å². The van der Waals surface area contributed by atoms with E-state index in [-0.39, 0.29) is 17.9 Å². The topological polar surface area (TPSA) is 90.8 Å². The average Bonchev–Trinajstić information content (AvgIpc) is 2.62. The summed E-state index contributed by atoms with van der Waals surface area (Å²) >= 11 is 0. The number of aromatic nitrogens is 2. The number of nitrogens with zero attached hydrogens (tertiary/aromatic N) is 4. The number of amides is 2. The lowest BCUT2D eigenvalue weighted by Gasteiger charge is -2.33. The number of hydrogen-bond donors (Lipinski definition) is 2. The third kappa shape index (κ3) is 4.16. The molecule has 2 heterocycles. The summed E-state index contributed by atoms with van der Waals surface area (Å²) < 4.78 is 5.74. The maximum absolute atomic E-state index is 12.5. The molecule has 1 aromatic carbocycles. The SMILES string of the molecule is CN(C)c1cc(NC(=O)N2CCOC(c3cccc(O)c3)C2)ncn1. The highest BCUT2D eigenvalue weighted by Crippen LogP contribution is 2.25. The van der Waals surface area contributed by atoms with Crippen LogP contribution in [0.3, 0.4) is 0 Å². The Kier molecular flexibility index (Phi) is 4.99. The Morgan fingerprint density at radius 1 is 1.36 bits per heavy atom. The molecule has 1 aromatic heterocycles. The minimum atomic E-state index is -0.269. The number of hydrogen-bond acceptors (Lipinski definition) is 6. The molecule has 3 rings (SSSR count). The molecule has 8 nitrogen and oxygen atoms in total. The summed E-state index contributed by atoms with van der Waals surface area (Å²) in [5, 5.41) is 12.4. The zero-order chi connectivity index (χ0) is 17.8. The molecule has 0 radical (unpaired) electrons. The molecule has 2 aromatic rings. The lowest BCUT2D eigenvalue weighted by Crippen LogP contribution is -2.44. The number of carbonyl (C=O) groups is 1. The third-order valence-corrected chi connectivity index (χ3v) is 3.94. The summed E-state index contributed by atoms with van der Waals surface area (Å²) in [5.74, 6) is 1.34. The van der Waals surface area contributed by atoms with Crippen LogP contribution in [0.2, 0.25) is 0 Å². The summed E-state index contributed by atoms with van der Waals surface area (Å²) in [5.41, 5.74) is 0.842. The molecule has 0 aliphatic carbocycles. The fourth-order valence-corrected chi connectivity index (χ4v) is 2.61. The first-order valence-corrected chi connectivity index (χ1v) is 7.99. The standard InChI is InChI=1S/C17H21N5O3/c1-21(2)16-9-15(18-11-19-16)20-17(24)22-6-7-25-14(10-22)12-4-3-5-13(23)8-12/h3-5,8-9,11,14,23H,6-7,10H2,1-2H3,(H,18,19,20,24). The fraction of sp³-hybridized carbons (Fsp3) is 0.353. The van der Waals surface area contributed by atoms with Gasteiger partial charge in [0, 0.05) is 26.7 Å². The quantitative estimate of drug-likeness (QED) is 0.884. The van der Waals surface area contributed by atoms with Crippen LogP contribution in [0.4, 0.5) is 16.4 Å². The van der Waals surface area contributed by atoms with Crippen LogP contribution < -0.4 is 10.2 Å². The van der Waals surface area contributed by atoms with Crippen LogP contribution in [0.15, 0.2) is 36.7 Å². The van der Waals surface area contributed by atoms with Gasteiger partial charge in [0.15, 0.2) is 0 Å². The van der Waals surface area contributed by atoms with Crippen LogP contribution >= 0.6 is 0 Å². The van der Waals surface area contributed by atoms with E-state index in [4.69, 9.17) is 4.74 Å². The molecular formula is C17H21N5O3. The number of aromatic hydroxyl groups is 1. The molecule has 1 aliphatic rings. The number of carbonyl (C=O) groups excluding carboxylic acids is 1. The van der Waals surface area contributed by atoms with Crippen molar-refractivity contribution in [3.8, 4) is 5.75 Å². The Labute approximate surface area is 146 Å². The van der Waals surface area contributed by atoms with E-state index in [9.17, 15) is 9.90 Å². The van der Waals surface area contributed by atoms with E-state index < -0.39 is 0 Å². The van der Waals surface area contributed by atoms with Crippen LogP contribution in [0.5, 0.6) is 5.75 Å². The first kappa shape index (κ1) is 17.0. The number of benzene rings is 1. The van der Waals surface area contributed by atoms with E-state index >= 15 is 0 Å². The lowest BCUT2D eigenvalue weighted by atomic mass is 10.1. The Bertz CT molecular complexity index is 753. The van der Waals surface area contributed by atoms with Crippen LogP contribution in [-0.2, 0) is 4.74 Å². The predicted molar refractivity (Wildman–Crippen MR) is 93.8 cm³/mol. The van der Waals surface area contributed by atoms with Crippen molar-refractivity contribution in [2.75, 3.05) is 44.0 Å². The number of nitrogens with one attached hydrogen (secondary N) is 1. The molecule has 2 amide bonds. The number of phenolic OH excluding ortho intramolecular Hbond substituents is 1. The molecule has 132 valence electrons. The summed E-state index contributed by atoms with van der Waals surface area (Å²) in [6.45, 7) is 1.33. The van der Waals surface area contributed by atoms with E-state index in [2.05, 4.69) is 15.3 Å². The highest BCUT2D eigenvalue weighted by molar-refractivity contribution is 5.88. The average molecular weight is 343 g/mol. The molecule has 8 heteroatoms. The second kappa shape index (κ2) is 7.35. The smallest absolute Gasteiger partial charge is 0.323 e. The summed E-state index contributed by atoms with van der Waals surface area (Å²) in [7, 11) is 3.74. The molecular weight excluding hydrogens is 322 g/mol. The second-order valence-electron chi connectivity index (χ2n) is 5.99. The maximum atomic E-state index is 12.5. The van der Waals surface area contributed by atoms with Crippen molar-refractivity contribution < 1.29 is 14.6 Å². The number of rotatable bonds is 3. The van der Waals surface area contributed by atoms with Gasteiger partial charge in [0.05, 0.1) is 13.2 Å². The minimum Gasteiger partial charge on any atom is -0.508 e. The van der Waals surface area contributed by atoms with Crippen LogP contribution in [0.25, 0.3) is 0 Å². The molecule has 1 unspecified atom stereocenters. The number of urea groups is 1. The molecule has 1 aliphatic heterocycles. The summed E-state index contributed by atoms with van der Waals surface area (Å²) in [4.78, 5) is 24.3. The highest BCUT2D eigenvalue weighted by Gasteiger charge is 2.26. The largest absolute Gasteiger partial charge is 0.508 e. The molecule has 0 spiro atoms. The zero-order valence-corrected chi connectivity index (χ0v) is 14.2. The molecule has 25 heavy (non-hydrogen) atoms. The molecule has 0 saturated carbocycles. The number of phenols is 1. The van der Waals surface area contributed by atoms with E-state index in [1.165, 1.54) is 6.33 Å². The van der Waals surface area contributed by atoms with Crippen LogP contribution in [-0.4, -0.2) is 59.8 Å². The van der Waals surface area contributed by atoms with Gasteiger partial charge in [0.25, 0.3) is 0 Å². The minimum absolute atomic E-state index is 0.180. The van der Waals surface area contributed by atoms with Crippen molar-refractivity contribution in [3.05, 3.63) is 42.2 Å². The van der Waals surface area contributed by atoms with E-state index in [1.54, 1.807) is 29.2 Å². The molecule has 2 N–H and O–H groups in total. The molecule has 0 bridgehead atoms. The molecule has 1 saturated heterocycles. The third-order valence-electron chi connectivity index (χ3n) is 3.94. The predicted octanol–water partition coefficient (Wildman–Crippen LogP) is 1.85. The van der Waals surface area contributed by atoms with Gasteiger partial charge in [-0.3, -0.25) is 5.32 Å². The highest BCUT2D eigenvalue weighted by atomic mass is 16.5. The molecule has 1 atom stereocenters. The fourth-order valence-electron chi connectivity index (χ4n) is 2.61. The van der Waals surface area contributed by atoms with E-state index in [0.29, 0.717) is 31.3 Å². The number of anilines is 2. The van der Waals surface area contributed by atoms with Gasteiger partial charge in [-0.25, -0.2) is 14.8 Å². The first-order chi connectivity index (χ1) is 12.0. The molecule has 1 fully saturated rings. The Balaban J connectivity index is 1.67. The van der Waals surface area contributed by atoms with Gasteiger partial charge >= 0.3 is 6.03 Å². The van der Waals surface area contributed by atoms with Crippen LogP contribution in [0, 0.1) is 0 Å². The normalized spacial score (nSPS) is 17.2. The van der Waals surface area contributed by atoms with Crippen molar-refractivity contribution >= 4 is 17.7 Å². The Hall–Kier alpha value is -2.87. The van der Waals surface area contributed by atoms with Crippen molar-refractivity contribution in [2.45, 2.75) is 6.10 Å². The van der Waals surface area contributed by atoms with E-state index in [0.717, 1.165) is 5.56 Å². The monoisotopic (exact) mass is 343 g/mol. The van der Waals surface area contributed by atoms with Crippen molar-refractivity contribution in [3.63, 3.8) is 0 Å². The van der Waals surface area contributed by atoms with Crippen molar-refractivity contribution in [1.29, 1.82) is 0 Å². The van der Waals surface area contributed by atoms with Gasteiger partial charge in [-0.2, -0.15) is 0 Å². The van der Waals surface area contributed by atoms with Gasteiger partial charge in [-0.05, 0) is 17.7 Å². The first-order valence-electron chi connectivity index (χ1n) is 7.99. The Morgan fingerprint density at radius 3 is 2.96 bits per heavy atom. The van der Waals surface area contributed by atoms with Crippen molar-refractivity contribution in [2.24, 2.45) is 0 Å². The van der Waals surface area contributed by atoms with Gasteiger partial charge in [0.1, 0.15) is 29.8 Å². The van der Waals surface area contributed by atoms with Gasteiger partial charge in [-0.15, -0.1) is 0 Å². The second-order valence-corrected chi connectivity index (χ2v) is 5.99. The van der Waals surface area contributed by atoms with Gasteiger partial charge < -0.3 is 19.6 Å².